The van der Waals surface area contributed by atoms with Gasteiger partial charge in [0.1, 0.15) is 5.75 Å². The van der Waals surface area contributed by atoms with Crippen LogP contribution in [0.15, 0.2) is 36.5 Å². The van der Waals surface area contributed by atoms with Crippen LogP contribution in [0.25, 0.3) is 0 Å². The number of nitrogens with zero attached hydrogens (tertiary/aromatic N) is 2. The molecule has 1 aliphatic carbocycles. The van der Waals surface area contributed by atoms with Gasteiger partial charge < -0.3 is 15.8 Å². The van der Waals surface area contributed by atoms with Crippen LogP contribution in [0.3, 0.4) is 0 Å². The molecule has 4 rings (SSSR count). The molecule has 1 fully saturated rings. The Bertz CT molecular complexity index is 897. The summed E-state index contributed by atoms with van der Waals surface area (Å²) in [6, 6.07) is 10.1. The number of aromatic nitrogens is 1. The van der Waals surface area contributed by atoms with Crippen molar-refractivity contribution >= 4 is 11.8 Å². The molecule has 7 nitrogen and oxygen atoms in total. The predicted molar refractivity (Wildman–Crippen MR) is 104 cm³/mol. The molecule has 146 valence electrons. The molecular weight excluding hydrogens is 356 g/mol. The van der Waals surface area contributed by atoms with Gasteiger partial charge in [-0.3, -0.25) is 14.5 Å². The van der Waals surface area contributed by atoms with E-state index < -0.39 is 5.91 Å². The Balaban J connectivity index is 1.43. The predicted octanol–water partition coefficient (Wildman–Crippen LogP) is 2.17. The van der Waals surface area contributed by atoms with Gasteiger partial charge in [0.15, 0.2) is 0 Å². The lowest BCUT2D eigenvalue weighted by molar-refractivity contribution is -0.119. The number of carbonyl (C=O) groups excluding carboxylic acids is 2. The van der Waals surface area contributed by atoms with Gasteiger partial charge in [-0.05, 0) is 48.6 Å². The summed E-state index contributed by atoms with van der Waals surface area (Å²) in [5.74, 6) is 0.691. The Morgan fingerprint density at radius 1 is 1.25 bits per heavy atom. The Hall–Kier alpha value is -2.93. The summed E-state index contributed by atoms with van der Waals surface area (Å²) >= 11 is 0. The Morgan fingerprint density at radius 3 is 2.82 bits per heavy atom. The van der Waals surface area contributed by atoms with Gasteiger partial charge in [0.25, 0.3) is 0 Å². The number of pyridine rings is 1. The first-order chi connectivity index (χ1) is 13.5. The van der Waals surface area contributed by atoms with Crippen molar-refractivity contribution in [3.63, 3.8) is 0 Å². The van der Waals surface area contributed by atoms with Gasteiger partial charge >= 0.3 is 0 Å². The molecule has 2 unspecified atom stereocenters. The molecule has 2 atom stereocenters. The fourth-order valence-electron chi connectivity index (χ4n) is 4.20. The molecule has 0 radical (unpaired) electrons. The van der Waals surface area contributed by atoms with Crippen LogP contribution in [-0.2, 0) is 11.2 Å². The molecule has 0 spiro atoms. The van der Waals surface area contributed by atoms with Crippen LogP contribution in [0, 0.1) is 0 Å². The molecule has 1 aromatic carbocycles. The first-order valence-electron chi connectivity index (χ1n) is 9.57. The largest absolute Gasteiger partial charge is 0.439 e. The van der Waals surface area contributed by atoms with Crippen LogP contribution in [0.2, 0.25) is 0 Å². The highest BCUT2D eigenvalue weighted by Gasteiger charge is 2.33. The molecule has 1 aromatic heterocycles. The van der Waals surface area contributed by atoms with Gasteiger partial charge in [-0.25, -0.2) is 4.98 Å². The lowest BCUT2D eigenvalue weighted by atomic mass is 10.1. The van der Waals surface area contributed by atoms with Crippen molar-refractivity contribution in [1.29, 1.82) is 0 Å². The topological polar surface area (TPSA) is 97.5 Å². The van der Waals surface area contributed by atoms with Crippen LogP contribution >= 0.6 is 0 Å². The second kappa shape index (κ2) is 7.59. The molecule has 28 heavy (non-hydrogen) atoms. The number of carbonyl (C=O) groups is 2. The van der Waals surface area contributed by atoms with Gasteiger partial charge in [0.2, 0.25) is 17.7 Å². The maximum Gasteiger partial charge on any atom is 0.250 e. The van der Waals surface area contributed by atoms with E-state index >= 15 is 0 Å². The first kappa shape index (κ1) is 18.4. The zero-order valence-electron chi connectivity index (χ0n) is 15.9. The van der Waals surface area contributed by atoms with Gasteiger partial charge in [-0.2, -0.15) is 0 Å². The van der Waals surface area contributed by atoms with E-state index in [4.69, 9.17) is 10.5 Å². The minimum atomic E-state index is -0.509. The molecule has 1 saturated heterocycles. The fraction of sp³-hybridized carbons (Fsp3) is 0.381. The third kappa shape index (κ3) is 3.84. The first-order valence-corrected chi connectivity index (χ1v) is 9.57. The Morgan fingerprint density at radius 2 is 2.11 bits per heavy atom. The summed E-state index contributed by atoms with van der Waals surface area (Å²) in [7, 11) is 0. The second-order valence-corrected chi connectivity index (χ2v) is 7.45. The van der Waals surface area contributed by atoms with Crippen LogP contribution in [0.4, 0.5) is 0 Å². The molecule has 0 saturated carbocycles. The Kier molecular flexibility index (Phi) is 5.00. The Labute approximate surface area is 163 Å². The minimum absolute atomic E-state index is 0.0398. The van der Waals surface area contributed by atoms with E-state index in [1.54, 1.807) is 19.1 Å². The summed E-state index contributed by atoms with van der Waals surface area (Å²) in [5, 5.41) is 3.03. The number of nitrogens with two attached hydrogens (primary N) is 1. The number of benzene rings is 1. The van der Waals surface area contributed by atoms with E-state index in [9.17, 15) is 9.59 Å². The van der Waals surface area contributed by atoms with Gasteiger partial charge in [0.05, 0.1) is 5.56 Å². The molecule has 0 bridgehead atoms. The summed E-state index contributed by atoms with van der Waals surface area (Å²) in [6.45, 7) is 3.48. The number of likely N-dealkylation sites (tertiary alicyclic amines) is 1. The van der Waals surface area contributed by atoms with Crippen molar-refractivity contribution < 1.29 is 14.3 Å². The zero-order chi connectivity index (χ0) is 19.7. The van der Waals surface area contributed by atoms with Crippen LogP contribution in [0.5, 0.6) is 11.6 Å². The summed E-state index contributed by atoms with van der Waals surface area (Å²) in [6.07, 6.45) is 4.50. The minimum Gasteiger partial charge on any atom is -0.439 e. The number of hydrogen-bond acceptors (Lipinski definition) is 5. The zero-order valence-corrected chi connectivity index (χ0v) is 15.9. The third-order valence-electron chi connectivity index (χ3n) is 5.47. The van der Waals surface area contributed by atoms with Crippen molar-refractivity contribution in [1.82, 2.24) is 15.2 Å². The second-order valence-electron chi connectivity index (χ2n) is 7.45. The molecule has 2 amide bonds. The number of fused-ring (bicyclic) bond motifs is 1. The van der Waals surface area contributed by atoms with E-state index in [1.807, 2.05) is 6.07 Å². The van der Waals surface area contributed by atoms with Crippen LogP contribution in [0.1, 0.15) is 47.3 Å². The standard InChI is InChI=1S/C21H24N4O3/c1-13(26)24-16-8-9-25(12-16)19-6-2-14-10-17(4-5-18(14)19)28-20-7-3-15(11-23-20)21(22)27/h3-5,7,10-11,16,19H,2,6,8-9,12H2,1H3,(H2,22,27)(H,24,26). The smallest absolute Gasteiger partial charge is 0.250 e. The van der Waals surface area contributed by atoms with Crippen LogP contribution < -0.4 is 15.8 Å². The highest BCUT2D eigenvalue weighted by molar-refractivity contribution is 5.92. The molecule has 1 aliphatic heterocycles. The maximum absolute atomic E-state index is 11.3. The molecule has 3 N–H and O–H groups in total. The average molecular weight is 380 g/mol. The van der Waals surface area contributed by atoms with Crippen molar-refractivity contribution in [2.24, 2.45) is 5.73 Å². The van der Waals surface area contributed by atoms with Gasteiger partial charge in [0, 0.05) is 44.4 Å². The molecular formula is C21H24N4O3. The van der Waals surface area contributed by atoms with E-state index in [1.165, 1.54) is 17.3 Å². The number of nitrogens with one attached hydrogen (secondary N) is 1. The third-order valence-corrected chi connectivity index (χ3v) is 5.47. The summed E-state index contributed by atoms with van der Waals surface area (Å²) in [5.41, 5.74) is 8.22. The van der Waals surface area contributed by atoms with Crippen molar-refractivity contribution in [2.45, 2.75) is 38.3 Å². The molecule has 2 heterocycles. The van der Waals surface area contributed by atoms with Crippen molar-refractivity contribution in [3.8, 4) is 11.6 Å². The van der Waals surface area contributed by atoms with Gasteiger partial charge in [-0.1, -0.05) is 6.07 Å². The van der Waals surface area contributed by atoms with Crippen molar-refractivity contribution in [2.75, 3.05) is 13.1 Å². The fourth-order valence-corrected chi connectivity index (χ4v) is 4.20. The number of ether oxygens (including phenoxy) is 1. The average Bonchev–Trinajstić information content (AvgIpc) is 3.28. The van der Waals surface area contributed by atoms with E-state index in [2.05, 4.69) is 27.3 Å². The SMILES string of the molecule is CC(=O)NC1CCN(C2CCc3cc(Oc4ccc(C(N)=O)cn4)ccc32)C1. The number of amides is 2. The number of aryl methyl sites for hydroxylation is 1. The van der Waals surface area contributed by atoms with E-state index in [0.717, 1.165) is 38.1 Å². The monoisotopic (exact) mass is 380 g/mol. The summed E-state index contributed by atoms with van der Waals surface area (Å²) in [4.78, 5) is 29.0. The van der Waals surface area contributed by atoms with Crippen LogP contribution in [-0.4, -0.2) is 40.8 Å². The summed E-state index contributed by atoms with van der Waals surface area (Å²) < 4.78 is 5.84. The van der Waals surface area contributed by atoms with E-state index in [0.29, 0.717) is 17.5 Å². The molecule has 2 aliphatic rings. The maximum atomic E-state index is 11.3. The highest BCUT2D eigenvalue weighted by atomic mass is 16.5. The number of primary amides is 1. The van der Waals surface area contributed by atoms with Gasteiger partial charge in [-0.15, -0.1) is 0 Å². The van der Waals surface area contributed by atoms with E-state index in [-0.39, 0.29) is 11.9 Å². The number of rotatable bonds is 5. The number of hydrogen-bond donors (Lipinski definition) is 2. The van der Waals surface area contributed by atoms with Crippen molar-refractivity contribution in [3.05, 3.63) is 53.2 Å². The molecule has 2 aromatic rings. The quantitative estimate of drug-likeness (QED) is 0.828. The lowest BCUT2D eigenvalue weighted by Crippen LogP contribution is -2.36. The molecule has 7 heteroatoms. The lowest BCUT2D eigenvalue weighted by Gasteiger charge is -2.25. The highest BCUT2D eigenvalue weighted by Crippen LogP contribution is 2.39. The normalized spacial score (nSPS) is 21.3.